The largest absolute Gasteiger partial charge is 0.295 e. The molecule has 1 saturated heterocycles. The molecule has 7 nitrogen and oxygen atoms in total. The lowest BCUT2D eigenvalue weighted by Gasteiger charge is -2.29. The molecule has 1 atom stereocenters. The van der Waals surface area contributed by atoms with Gasteiger partial charge in [-0.3, -0.25) is 29.7 Å². The third kappa shape index (κ3) is 1.64. The van der Waals surface area contributed by atoms with E-state index >= 15 is 0 Å². The van der Waals surface area contributed by atoms with Gasteiger partial charge in [0.1, 0.15) is 10.7 Å². The van der Waals surface area contributed by atoms with Gasteiger partial charge in [0.15, 0.2) is 5.82 Å². The summed E-state index contributed by atoms with van der Waals surface area (Å²) >= 11 is 5.20. The molecule has 2 N–H and O–H groups in total. The quantitative estimate of drug-likeness (QED) is 0.606. The van der Waals surface area contributed by atoms with Gasteiger partial charge in [0.05, 0.1) is 5.56 Å². The number of aromatic amines is 1. The summed E-state index contributed by atoms with van der Waals surface area (Å²) in [6.07, 6.45) is 0.478. The van der Waals surface area contributed by atoms with Crippen molar-refractivity contribution in [2.24, 2.45) is 0 Å². The molecule has 2 aliphatic rings. The molecule has 0 radical (unpaired) electrons. The number of carbonyl (C=O) groups is 3. The van der Waals surface area contributed by atoms with Gasteiger partial charge < -0.3 is 0 Å². The highest BCUT2D eigenvalue weighted by Crippen LogP contribution is 2.37. The van der Waals surface area contributed by atoms with Crippen molar-refractivity contribution < 1.29 is 14.4 Å². The fourth-order valence-electron chi connectivity index (χ4n) is 3.00. The number of nitrogens with zero attached hydrogens (tertiary/aromatic N) is 2. The van der Waals surface area contributed by atoms with Crippen LogP contribution in [0.1, 0.15) is 23.2 Å². The van der Waals surface area contributed by atoms with Gasteiger partial charge in [-0.05, 0) is 12.5 Å². The maximum Gasteiger partial charge on any atom is 0.261 e. The number of aromatic nitrogens is 2. The van der Waals surface area contributed by atoms with Gasteiger partial charge in [0.2, 0.25) is 11.8 Å². The number of anilines is 1. The minimum atomic E-state index is -0.738. The molecular weight excluding hydrogens is 304 g/mol. The number of hydrogen-bond acceptors (Lipinski definition) is 5. The summed E-state index contributed by atoms with van der Waals surface area (Å²) in [4.78, 5) is 37.4. The molecule has 0 bridgehead atoms. The molecule has 110 valence electrons. The Balaban J connectivity index is 1.91. The summed E-state index contributed by atoms with van der Waals surface area (Å²) < 4.78 is 0.443. The molecule has 22 heavy (non-hydrogen) atoms. The molecule has 1 fully saturated rings. The third-order valence-electron chi connectivity index (χ3n) is 4.00. The van der Waals surface area contributed by atoms with Crippen LogP contribution in [0.2, 0.25) is 0 Å². The number of benzene rings is 1. The molecule has 4 rings (SSSR count). The molecule has 0 spiro atoms. The van der Waals surface area contributed by atoms with Gasteiger partial charge in [-0.2, -0.15) is 5.10 Å². The van der Waals surface area contributed by atoms with Crippen LogP contribution in [0.25, 0.3) is 10.8 Å². The van der Waals surface area contributed by atoms with Crippen LogP contribution >= 0.6 is 12.2 Å². The Morgan fingerprint density at radius 1 is 1.27 bits per heavy atom. The van der Waals surface area contributed by atoms with Gasteiger partial charge in [-0.1, -0.05) is 24.4 Å². The fourth-order valence-corrected chi connectivity index (χ4v) is 3.21. The molecule has 2 aromatic rings. The van der Waals surface area contributed by atoms with Gasteiger partial charge in [0, 0.05) is 17.2 Å². The van der Waals surface area contributed by atoms with Crippen molar-refractivity contribution in [2.45, 2.75) is 18.9 Å². The van der Waals surface area contributed by atoms with E-state index in [2.05, 4.69) is 15.5 Å². The number of hydrogen-bond donors (Lipinski definition) is 2. The highest BCUT2D eigenvalue weighted by Gasteiger charge is 2.41. The van der Waals surface area contributed by atoms with Crippen molar-refractivity contribution in [3.8, 4) is 0 Å². The number of imide groups is 1. The molecule has 1 aromatic carbocycles. The van der Waals surface area contributed by atoms with Crippen LogP contribution in [-0.4, -0.2) is 34.0 Å². The maximum atomic E-state index is 12.7. The highest BCUT2D eigenvalue weighted by atomic mass is 32.1. The lowest BCUT2D eigenvalue weighted by Crippen LogP contribution is -2.53. The molecule has 1 unspecified atom stereocenters. The number of amides is 3. The van der Waals surface area contributed by atoms with E-state index in [-0.39, 0.29) is 24.7 Å². The fraction of sp³-hybridized carbons (Fsp3) is 0.214. The number of nitrogens with one attached hydrogen (secondary N) is 2. The number of piperidine rings is 1. The lowest BCUT2D eigenvalue weighted by molar-refractivity contribution is -0.134. The molecule has 1 aromatic heterocycles. The minimum Gasteiger partial charge on any atom is -0.295 e. The summed E-state index contributed by atoms with van der Waals surface area (Å²) in [7, 11) is 0. The van der Waals surface area contributed by atoms with E-state index in [0.717, 1.165) is 5.39 Å². The van der Waals surface area contributed by atoms with E-state index in [1.165, 1.54) is 4.90 Å². The Hall–Kier alpha value is -2.61. The monoisotopic (exact) mass is 314 g/mol. The Kier molecular flexibility index (Phi) is 2.64. The van der Waals surface area contributed by atoms with Crippen LogP contribution in [0.5, 0.6) is 0 Å². The van der Waals surface area contributed by atoms with Crippen molar-refractivity contribution in [1.29, 1.82) is 0 Å². The highest BCUT2D eigenvalue weighted by molar-refractivity contribution is 7.71. The van der Waals surface area contributed by atoms with E-state index in [1.54, 1.807) is 12.1 Å². The summed E-state index contributed by atoms with van der Waals surface area (Å²) in [6, 6.07) is 4.51. The van der Waals surface area contributed by atoms with Crippen molar-refractivity contribution in [3.05, 3.63) is 28.4 Å². The summed E-state index contributed by atoms with van der Waals surface area (Å²) in [5, 5.41) is 10.5. The summed E-state index contributed by atoms with van der Waals surface area (Å²) in [5.41, 5.74) is 0.477. The minimum absolute atomic E-state index is 0.197. The number of carbonyl (C=O) groups excluding carboxylic acids is 3. The van der Waals surface area contributed by atoms with Gasteiger partial charge in [-0.15, -0.1) is 0 Å². The average Bonchev–Trinajstić information content (AvgIpc) is 2.78. The first-order valence-electron chi connectivity index (χ1n) is 6.76. The normalized spacial score (nSPS) is 20.6. The molecular formula is C14H10N4O3S. The molecule has 0 saturated carbocycles. The Morgan fingerprint density at radius 3 is 2.86 bits per heavy atom. The first kappa shape index (κ1) is 13.1. The van der Waals surface area contributed by atoms with Gasteiger partial charge in [0.25, 0.3) is 5.91 Å². The Morgan fingerprint density at radius 2 is 2.09 bits per heavy atom. The SMILES string of the molecule is O=C1CCC(N2C(=O)c3cccc4c(=S)[nH]nc2c34)C(=O)N1. The lowest BCUT2D eigenvalue weighted by atomic mass is 10.0. The van der Waals surface area contributed by atoms with Crippen molar-refractivity contribution >= 4 is 46.5 Å². The second-order valence-corrected chi connectivity index (χ2v) is 5.65. The zero-order valence-corrected chi connectivity index (χ0v) is 12.1. The predicted octanol–water partition coefficient (Wildman–Crippen LogP) is 1.06. The van der Waals surface area contributed by atoms with E-state index in [4.69, 9.17) is 12.2 Å². The molecule has 3 heterocycles. The third-order valence-corrected chi connectivity index (χ3v) is 4.31. The second kappa shape index (κ2) is 4.44. The first-order valence-corrected chi connectivity index (χ1v) is 7.17. The van der Waals surface area contributed by atoms with Gasteiger partial charge >= 0.3 is 0 Å². The van der Waals surface area contributed by atoms with E-state index in [1.807, 2.05) is 6.07 Å². The zero-order chi connectivity index (χ0) is 15.4. The molecule has 3 amide bonds. The predicted molar refractivity (Wildman–Crippen MR) is 79.9 cm³/mol. The number of H-pyrrole nitrogens is 1. The first-order chi connectivity index (χ1) is 10.6. The van der Waals surface area contributed by atoms with E-state index in [0.29, 0.717) is 21.4 Å². The summed E-state index contributed by atoms with van der Waals surface area (Å²) in [6.45, 7) is 0. The Bertz CT molecular complexity index is 920. The van der Waals surface area contributed by atoms with Crippen LogP contribution < -0.4 is 10.2 Å². The molecule has 0 aliphatic carbocycles. The summed E-state index contributed by atoms with van der Waals surface area (Å²) in [5.74, 6) is -0.707. The van der Waals surface area contributed by atoms with E-state index in [9.17, 15) is 14.4 Å². The Labute approximate surface area is 129 Å². The van der Waals surface area contributed by atoms with Crippen molar-refractivity contribution in [3.63, 3.8) is 0 Å². The van der Waals surface area contributed by atoms with Crippen LogP contribution in [0.3, 0.4) is 0 Å². The van der Waals surface area contributed by atoms with Crippen LogP contribution in [0.4, 0.5) is 5.82 Å². The second-order valence-electron chi connectivity index (χ2n) is 5.25. The van der Waals surface area contributed by atoms with Crippen molar-refractivity contribution in [2.75, 3.05) is 4.90 Å². The number of rotatable bonds is 1. The molecule has 2 aliphatic heterocycles. The smallest absolute Gasteiger partial charge is 0.261 e. The zero-order valence-electron chi connectivity index (χ0n) is 11.3. The average molecular weight is 314 g/mol. The molecule has 8 heteroatoms. The van der Waals surface area contributed by atoms with Crippen molar-refractivity contribution in [1.82, 2.24) is 15.5 Å². The van der Waals surface area contributed by atoms with E-state index < -0.39 is 11.9 Å². The maximum absolute atomic E-state index is 12.7. The van der Waals surface area contributed by atoms with Gasteiger partial charge in [-0.25, -0.2) is 0 Å². The topological polar surface area (TPSA) is 95.2 Å². The van der Waals surface area contributed by atoms with Crippen LogP contribution in [0, 0.1) is 4.64 Å². The van der Waals surface area contributed by atoms with Crippen LogP contribution in [0.15, 0.2) is 18.2 Å². The standard InChI is InChI=1S/C14H10N4O3S/c19-9-5-4-8(12(20)15-9)18-11-10-6(13(22)17-16-11)2-1-3-7(10)14(18)21/h1-3,8H,4-5H2,(H,17,22)(H,15,19,20). The van der Waals surface area contributed by atoms with Crippen LogP contribution in [-0.2, 0) is 9.59 Å².